The van der Waals surface area contributed by atoms with E-state index in [-0.39, 0.29) is 13.1 Å². The highest BCUT2D eigenvalue weighted by Gasteiger charge is 2.33. The predicted octanol–water partition coefficient (Wildman–Crippen LogP) is 4.07. The Bertz CT molecular complexity index is 689. The summed E-state index contributed by atoms with van der Waals surface area (Å²) < 4.78 is 44.3. The average Bonchev–Trinajstić information content (AvgIpc) is 3.00. The summed E-state index contributed by atoms with van der Waals surface area (Å²) in [7, 11) is 1.69. The fraction of sp³-hybridized carbons (Fsp3) is 0.353. The number of carbonyl (C=O) groups excluding carboxylic acids is 1. The smallest absolute Gasteiger partial charge is 0.406 e. The number of hydrogen-bond acceptors (Lipinski definition) is 3. The summed E-state index contributed by atoms with van der Waals surface area (Å²) in [6.45, 7) is -1.21. The maximum absolute atomic E-state index is 12.8. The Morgan fingerprint density at radius 2 is 1.88 bits per heavy atom. The minimum atomic E-state index is -4.47. The molecule has 0 spiro atoms. The van der Waals surface area contributed by atoms with Gasteiger partial charge in [0.25, 0.3) is 0 Å². The molecule has 0 bridgehead atoms. The van der Waals surface area contributed by atoms with Crippen molar-refractivity contribution in [2.45, 2.75) is 19.3 Å². The van der Waals surface area contributed by atoms with Gasteiger partial charge in [-0.2, -0.15) is 13.2 Å². The van der Waals surface area contributed by atoms with Gasteiger partial charge in [-0.1, -0.05) is 34.1 Å². The first-order chi connectivity index (χ1) is 11.7. The topological polar surface area (TPSA) is 36.7 Å². The van der Waals surface area contributed by atoms with Crippen LogP contribution in [-0.2, 0) is 17.9 Å². The third kappa shape index (κ3) is 6.55. The number of likely N-dealkylation sites (N-methyl/N-ethyl adjacent to an activating group) is 1. The van der Waals surface area contributed by atoms with Crippen LogP contribution in [0.3, 0.4) is 0 Å². The standard InChI is InChI=1S/C17H18BrF3N2O2/c1-22(9-13-5-2-3-7-15(13)18)11-16(24)23(12-17(19,20)21)10-14-6-4-8-25-14/h2-8H,9-12H2,1H3. The van der Waals surface area contributed by atoms with Crippen LogP contribution in [0.25, 0.3) is 0 Å². The number of furan rings is 1. The first kappa shape index (κ1) is 19.5. The molecule has 0 radical (unpaired) electrons. The highest BCUT2D eigenvalue weighted by atomic mass is 79.9. The van der Waals surface area contributed by atoms with Gasteiger partial charge in [-0.3, -0.25) is 9.69 Å². The second-order valence-corrected chi connectivity index (χ2v) is 6.56. The molecule has 2 rings (SSSR count). The van der Waals surface area contributed by atoms with Crippen molar-refractivity contribution < 1.29 is 22.4 Å². The summed E-state index contributed by atoms with van der Waals surface area (Å²) in [5.74, 6) is -0.297. The maximum Gasteiger partial charge on any atom is 0.406 e. The highest BCUT2D eigenvalue weighted by Crippen LogP contribution is 2.20. The largest absolute Gasteiger partial charge is 0.467 e. The Morgan fingerprint density at radius 3 is 2.48 bits per heavy atom. The van der Waals surface area contributed by atoms with E-state index in [1.54, 1.807) is 24.1 Å². The number of halogens is 4. The predicted molar refractivity (Wildman–Crippen MR) is 90.7 cm³/mol. The van der Waals surface area contributed by atoms with Crippen molar-refractivity contribution in [3.63, 3.8) is 0 Å². The van der Waals surface area contributed by atoms with Crippen LogP contribution in [0.15, 0.2) is 51.6 Å². The van der Waals surface area contributed by atoms with Crippen molar-refractivity contribution in [2.75, 3.05) is 20.1 Å². The number of carbonyl (C=O) groups is 1. The van der Waals surface area contributed by atoms with E-state index in [2.05, 4.69) is 15.9 Å². The quantitative estimate of drug-likeness (QED) is 0.679. The lowest BCUT2D eigenvalue weighted by Crippen LogP contribution is -2.43. The molecule has 0 fully saturated rings. The minimum Gasteiger partial charge on any atom is -0.467 e. The van der Waals surface area contributed by atoms with E-state index in [9.17, 15) is 18.0 Å². The van der Waals surface area contributed by atoms with Crippen molar-refractivity contribution >= 4 is 21.8 Å². The van der Waals surface area contributed by atoms with Gasteiger partial charge in [0, 0.05) is 11.0 Å². The molecule has 8 heteroatoms. The third-order valence-electron chi connectivity index (χ3n) is 3.45. The summed E-state index contributed by atoms with van der Waals surface area (Å²) in [5, 5.41) is 0. The van der Waals surface area contributed by atoms with E-state index in [1.165, 1.54) is 6.26 Å². The molecule has 0 aliphatic heterocycles. The molecule has 1 amide bonds. The Kier molecular flexibility index (Phi) is 6.66. The van der Waals surface area contributed by atoms with Crippen LogP contribution in [0, 0.1) is 0 Å². The molecule has 0 saturated carbocycles. The normalized spacial score (nSPS) is 11.8. The lowest BCUT2D eigenvalue weighted by atomic mass is 10.2. The zero-order valence-corrected chi connectivity index (χ0v) is 15.2. The second-order valence-electron chi connectivity index (χ2n) is 5.71. The van der Waals surface area contributed by atoms with E-state index in [0.29, 0.717) is 12.3 Å². The van der Waals surface area contributed by atoms with Gasteiger partial charge >= 0.3 is 6.18 Å². The van der Waals surface area contributed by atoms with Gasteiger partial charge in [0.15, 0.2) is 0 Å². The van der Waals surface area contributed by atoms with Crippen molar-refractivity contribution in [1.82, 2.24) is 9.80 Å². The maximum atomic E-state index is 12.8. The van der Waals surface area contributed by atoms with Gasteiger partial charge in [-0.05, 0) is 30.8 Å². The van der Waals surface area contributed by atoms with Crippen molar-refractivity contribution in [3.8, 4) is 0 Å². The number of amides is 1. The molecule has 0 saturated heterocycles. The van der Waals surface area contributed by atoms with Crippen LogP contribution >= 0.6 is 15.9 Å². The molecule has 0 unspecified atom stereocenters. The van der Waals surface area contributed by atoms with E-state index in [1.807, 2.05) is 24.3 Å². The fourth-order valence-electron chi connectivity index (χ4n) is 2.34. The van der Waals surface area contributed by atoms with Gasteiger partial charge in [-0.15, -0.1) is 0 Å². The zero-order valence-electron chi connectivity index (χ0n) is 13.6. The van der Waals surface area contributed by atoms with Crippen LogP contribution in [0.4, 0.5) is 13.2 Å². The van der Waals surface area contributed by atoms with Crippen LogP contribution in [0.2, 0.25) is 0 Å². The summed E-state index contributed by atoms with van der Waals surface area (Å²) >= 11 is 3.42. The van der Waals surface area contributed by atoms with Gasteiger partial charge in [0.1, 0.15) is 12.3 Å². The number of alkyl halides is 3. The third-order valence-corrected chi connectivity index (χ3v) is 4.23. The molecular formula is C17H18BrF3N2O2. The lowest BCUT2D eigenvalue weighted by molar-refractivity contribution is -0.163. The highest BCUT2D eigenvalue weighted by molar-refractivity contribution is 9.10. The van der Waals surface area contributed by atoms with E-state index < -0.39 is 18.6 Å². The van der Waals surface area contributed by atoms with Crippen molar-refractivity contribution in [2.24, 2.45) is 0 Å². The molecule has 0 aliphatic rings. The molecule has 4 nitrogen and oxygen atoms in total. The van der Waals surface area contributed by atoms with Crippen molar-refractivity contribution in [1.29, 1.82) is 0 Å². The zero-order chi connectivity index (χ0) is 18.4. The van der Waals surface area contributed by atoms with Crippen LogP contribution in [-0.4, -0.2) is 42.0 Å². The summed E-state index contributed by atoms with van der Waals surface area (Å²) in [6.07, 6.45) is -3.10. The van der Waals surface area contributed by atoms with E-state index >= 15 is 0 Å². The molecule has 25 heavy (non-hydrogen) atoms. The van der Waals surface area contributed by atoms with E-state index in [4.69, 9.17) is 4.42 Å². The fourth-order valence-corrected chi connectivity index (χ4v) is 2.75. The summed E-state index contributed by atoms with van der Waals surface area (Å²) in [6, 6.07) is 10.6. The average molecular weight is 419 g/mol. The Hall–Kier alpha value is -1.80. The van der Waals surface area contributed by atoms with Gasteiger partial charge in [-0.25, -0.2) is 0 Å². The molecule has 0 aliphatic carbocycles. The van der Waals surface area contributed by atoms with E-state index in [0.717, 1.165) is 14.9 Å². The first-order valence-corrected chi connectivity index (χ1v) is 8.33. The molecule has 1 heterocycles. The molecule has 2 aromatic rings. The van der Waals surface area contributed by atoms with Gasteiger partial charge < -0.3 is 9.32 Å². The van der Waals surface area contributed by atoms with Crippen LogP contribution < -0.4 is 0 Å². The number of nitrogens with zero attached hydrogens (tertiary/aromatic N) is 2. The first-order valence-electron chi connectivity index (χ1n) is 7.53. The lowest BCUT2D eigenvalue weighted by Gasteiger charge is -2.26. The Balaban J connectivity index is 2.01. The Morgan fingerprint density at radius 1 is 1.16 bits per heavy atom. The number of rotatable bonds is 7. The number of benzene rings is 1. The van der Waals surface area contributed by atoms with Crippen LogP contribution in [0.5, 0.6) is 0 Å². The number of hydrogen-bond donors (Lipinski definition) is 0. The summed E-state index contributed by atoms with van der Waals surface area (Å²) in [4.78, 5) is 14.8. The van der Waals surface area contributed by atoms with Gasteiger partial charge in [0.05, 0.1) is 19.4 Å². The molecule has 0 atom stereocenters. The molecule has 0 N–H and O–H groups in total. The minimum absolute atomic E-state index is 0.127. The summed E-state index contributed by atoms with van der Waals surface area (Å²) in [5.41, 5.74) is 0.950. The molecule has 1 aromatic carbocycles. The van der Waals surface area contributed by atoms with Crippen LogP contribution in [0.1, 0.15) is 11.3 Å². The van der Waals surface area contributed by atoms with Gasteiger partial charge in [0.2, 0.25) is 5.91 Å². The molecule has 1 aromatic heterocycles. The molecule has 136 valence electrons. The second kappa shape index (κ2) is 8.53. The molecular weight excluding hydrogens is 401 g/mol. The van der Waals surface area contributed by atoms with Crippen molar-refractivity contribution in [3.05, 3.63) is 58.5 Å². The monoisotopic (exact) mass is 418 g/mol. The Labute approximate surface area is 152 Å². The SMILES string of the molecule is CN(CC(=O)N(Cc1ccco1)CC(F)(F)F)Cc1ccccc1Br.